The van der Waals surface area contributed by atoms with Crippen LogP contribution in [0.2, 0.25) is 0 Å². The topological polar surface area (TPSA) is 48.3 Å². The number of rotatable bonds is 5. The first kappa shape index (κ1) is 7.52. The predicted octanol–water partition coefficient (Wildman–Crippen LogP) is 2.86. The van der Waals surface area contributed by atoms with E-state index < -0.39 is 92.7 Å². The molecular formula is C21H25N3O2S. The summed E-state index contributed by atoms with van der Waals surface area (Å²) < 4.78 is 141. The molecule has 6 heteroatoms. The van der Waals surface area contributed by atoms with E-state index in [0.717, 1.165) is 11.8 Å². The Bertz CT molecular complexity index is 1460. The fourth-order valence-electron chi connectivity index (χ4n) is 2.20. The highest BCUT2D eigenvalue weighted by Crippen LogP contribution is 2.40. The van der Waals surface area contributed by atoms with Gasteiger partial charge in [0, 0.05) is 56.1 Å². The van der Waals surface area contributed by atoms with Gasteiger partial charge in [-0.25, -0.2) is 4.99 Å². The summed E-state index contributed by atoms with van der Waals surface area (Å²) in [5.41, 5.74) is -0.528. The van der Waals surface area contributed by atoms with Crippen LogP contribution in [0.1, 0.15) is 27.5 Å². The molecule has 2 aromatic rings. The van der Waals surface area contributed by atoms with Crippen LogP contribution in [-0.4, -0.2) is 73.0 Å². The van der Waals surface area contributed by atoms with Gasteiger partial charge in [-0.05, 0) is 18.2 Å². The van der Waals surface area contributed by atoms with Crippen LogP contribution in [0.5, 0.6) is 0 Å². The Labute approximate surface area is 187 Å². The van der Waals surface area contributed by atoms with Crippen LogP contribution in [0.4, 0.5) is 5.69 Å². The zero-order valence-corrected chi connectivity index (χ0v) is 14.6. The summed E-state index contributed by atoms with van der Waals surface area (Å²) >= 11 is 0.809. The zero-order valence-electron chi connectivity index (χ0n) is 29.8. The number of aliphatic hydroxyl groups is 1. The number of hydrogen-bond acceptors (Lipinski definition) is 6. The van der Waals surface area contributed by atoms with Crippen LogP contribution in [0.3, 0.4) is 0 Å². The number of benzene rings is 2. The van der Waals surface area contributed by atoms with Crippen molar-refractivity contribution in [2.75, 3.05) is 52.3 Å². The van der Waals surface area contributed by atoms with Gasteiger partial charge in [0.15, 0.2) is 0 Å². The Hall–Kier alpha value is -1.86. The van der Waals surface area contributed by atoms with Crippen LogP contribution in [-0.2, 0) is 4.74 Å². The van der Waals surface area contributed by atoms with Crippen molar-refractivity contribution in [3.63, 3.8) is 0 Å². The molecule has 1 N–H and O–H groups in total. The molecule has 2 aromatic carbocycles. The maximum absolute atomic E-state index is 9.04. The summed E-state index contributed by atoms with van der Waals surface area (Å²) in [6, 6.07) is 3.15. The monoisotopic (exact) mass is 399 g/mol. The summed E-state index contributed by atoms with van der Waals surface area (Å²) in [6.45, 7) is -24.6. The molecule has 0 bridgehead atoms. The first-order valence-corrected chi connectivity index (χ1v) is 8.65. The minimum Gasteiger partial charge on any atom is -0.394 e. The van der Waals surface area contributed by atoms with Gasteiger partial charge in [0.05, 0.1) is 39.2 Å². The van der Waals surface area contributed by atoms with Gasteiger partial charge >= 0.3 is 0 Å². The Morgan fingerprint density at radius 2 is 2.00 bits per heavy atom. The third kappa shape index (κ3) is 4.35. The lowest BCUT2D eigenvalue weighted by atomic mass is 10.1. The second-order valence-corrected chi connectivity index (χ2v) is 6.17. The Kier molecular flexibility index (Phi) is 2.47. The van der Waals surface area contributed by atoms with E-state index in [9.17, 15) is 0 Å². The lowest BCUT2D eigenvalue weighted by molar-refractivity contribution is 0.0652. The van der Waals surface area contributed by atoms with Gasteiger partial charge in [-0.15, -0.1) is 0 Å². The van der Waals surface area contributed by atoms with Crippen molar-refractivity contribution in [2.45, 2.75) is 9.79 Å². The lowest BCUT2D eigenvalue weighted by Gasteiger charge is -2.36. The van der Waals surface area contributed by atoms with E-state index >= 15 is 0 Å². The van der Waals surface area contributed by atoms with Crippen molar-refractivity contribution >= 4 is 23.3 Å². The summed E-state index contributed by atoms with van der Waals surface area (Å²) in [5, 5.41) is 9.04. The molecule has 0 saturated carbocycles. The average molecular weight is 400 g/mol. The van der Waals surface area contributed by atoms with Crippen molar-refractivity contribution < 1.29 is 31.8 Å². The second kappa shape index (κ2) is 8.89. The van der Waals surface area contributed by atoms with Crippen LogP contribution in [0, 0.1) is 0 Å². The average Bonchev–Trinajstić information content (AvgIpc) is 3.05. The third-order valence-electron chi connectivity index (χ3n) is 3.36. The highest BCUT2D eigenvalue weighted by Gasteiger charge is 2.24. The van der Waals surface area contributed by atoms with Crippen LogP contribution < -0.4 is 0 Å². The Morgan fingerprint density at radius 3 is 2.85 bits per heavy atom. The molecule has 2 aliphatic heterocycles. The van der Waals surface area contributed by atoms with Gasteiger partial charge in [-0.3, -0.25) is 4.90 Å². The first-order valence-electron chi connectivity index (χ1n) is 15.8. The normalized spacial score (nSPS) is 34.3. The van der Waals surface area contributed by atoms with E-state index in [0.29, 0.717) is 4.90 Å². The van der Waals surface area contributed by atoms with E-state index in [4.69, 9.17) is 27.0 Å². The molecule has 0 atom stereocenters. The van der Waals surface area contributed by atoms with Crippen LogP contribution >= 0.6 is 11.8 Å². The SMILES string of the molecule is [2H]c1c([2H])c([2H])c2c(c1[2H])Sc1ccccc1N=C2N1C([2H])([2H])C([2H])([2H])N(C([2H])([2H])C([2H])([2H])OCCO)C([2H])([2H])C1([2H])[2H]. The van der Waals surface area contributed by atoms with E-state index in [1.165, 1.54) is 18.2 Å². The summed E-state index contributed by atoms with van der Waals surface area (Å²) in [5.74, 6) is -0.901. The number of aliphatic imine (C=N–C) groups is 1. The van der Waals surface area contributed by atoms with Crippen molar-refractivity contribution in [1.29, 1.82) is 0 Å². The van der Waals surface area contributed by atoms with Gasteiger partial charge < -0.3 is 14.7 Å². The molecule has 142 valence electrons. The smallest absolute Gasteiger partial charge is 0.137 e. The highest BCUT2D eigenvalue weighted by atomic mass is 32.2. The van der Waals surface area contributed by atoms with Gasteiger partial charge in [0.2, 0.25) is 0 Å². The van der Waals surface area contributed by atoms with Gasteiger partial charge in [-0.2, -0.15) is 0 Å². The summed E-state index contributed by atoms with van der Waals surface area (Å²) in [6.07, 6.45) is 0. The zero-order chi connectivity index (χ0) is 32.7. The molecule has 1 fully saturated rings. The molecule has 0 amide bonds. The predicted molar refractivity (Wildman–Crippen MR) is 109 cm³/mol. The number of piperazine rings is 1. The van der Waals surface area contributed by atoms with Crippen molar-refractivity contribution in [1.82, 2.24) is 9.80 Å². The van der Waals surface area contributed by atoms with Crippen LogP contribution in [0.25, 0.3) is 0 Å². The Morgan fingerprint density at radius 1 is 1.19 bits per heavy atom. The molecule has 0 aromatic heterocycles. The maximum Gasteiger partial charge on any atom is 0.137 e. The summed E-state index contributed by atoms with van der Waals surface area (Å²) in [4.78, 5) is 3.75. The molecule has 0 spiro atoms. The van der Waals surface area contributed by atoms with Crippen molar-refractivity contribution in [2.24, 2.45) is 4.99 Å². The number of nitrogens with zero attached hydrogens (tertiary/aromatic N) is 3. The Balaban J connectivity index is 2.08. The molecule has 0 unspecified atom stereocenters. The molecule has 0 radical (unpaired) electrons. The van der Waals surface area contributed by atoms with Gasteiger partial charge in [0.1, 0.15) is 5.84 Å². The molecule has 5 nitrogen and oxygen atoms in total. The number of fused-ring (bicyclic) bond motifs is 2. The lowest BCUT2D eigenvalue weighted by Crippen LogP contribution is -2.49. The number of hydrogen-bond donors (Lipinski definition) is 1. The molecule has 2 heterocycles. The van der Waals surface area contributed by atoms with Gasteiger partial charge in [-0.1, -0.05) is 42.0 Å². The van der Waals surface area contributed by atoms with Crippen molar-refractivity contribution in [3.05, 3.63) is 54.0 Å². The summed E-state index contributed by atoms with van der Waals surface area (Å²) in [7, 11) is 0. The standard InChI is InChI=1S/C21H25N3O2S/c25-14-16-26-15-13-23-9-11-24(12-10-23)21-17-5-1-3-7-19(17)27-20-8-4-2-6-18(20)22-21/h1-8,25H,9-16H2/i1D,3D,5D,7D,9D2,10D2,11D2,12D2,13D2,15D2. The van der Waals surface area contributed by atoms with Gasteiger partial charge in [0.25, 0.3) is 0 Å². The second-order valence-electron chi connectivity index (χ2n) is 5.11. The highest BCUT2D eigenvalue weighted by molar-refractivity contribution is 7.99. The molecule has 2 aliphatic rings. The quantitative estimate of drug-likeness (QED) is 0.838. The molecule has 27 heavy (non-hydrogen) atoms. The maximum atomic E-state index is 9.04. The number of aliphatic hydroxyl groups excluding tert-OH is 1. The largest absolute Gasteiger partial charge is 0.394 e. The number of para-hydroxylation sites is 1. The molecule has 0 aliphatic carbocycles. The molecular weight excluding hydrogens is 358 g/mol. The fourth-order valence-corrected chi connectivity index (χ4v) is 3.14. The third-order valence-corrected chi connectivity index (χ3v) is 4.44. The molecule has 4 rings (SSSR count). The van der Waals surface area contributed by atoms with E-state index in [-0.39, 0.29) is 15.5 Å². The minimum atomic E-state index is -3.92. The van der Waals surface area contributed by atoms with E-state index in [1.807, 2.05) is 0 Å². The van der Waals surface area contributed by atoms with E-state index in [2.05, 4.69) is 9.73 Å². The fraction of sp³-hybridized carbons (Fsp3) is 0.381. The molecule has 1 saturated heterocycles. The number of amidine groups is 1. The van der Waals surface area contributed by atoms with E-state index in [1.54, 1.807) is 6.07 Å². The first-order chi connectivity index (χ1) is 19.5. The van der Waals surface area contributed by atoms with Crippen molar-refractivity contribution in [3.8, 4) is 0 Å². The van der Waals surface area contributed by atoms with Crippen LogP contribution in [0.15, 0.2) is 63.2 Å². The minimum absolute atomic E-state index is 0.0229. The number of ether oxygens (including phenoxy) is 1.